The molecule has 0 radical (unpaired) electrons. The van der Waals surface area contributed by atoms with E-state index in [0.717, 1.165) is 11.3 Å². The third kappa shape index (κ3) is 6.04. The summed E-state index contributed by atoms with van der Waals surface area (Å²) in [6, 6.07) is 11.7. The van der Waals surface area contributed by atoms with Crippen LogP contribution in [0.5, 0.6) is 11.5 Å². The van der Waals surface area contributed by atoms with Gasteiger partial charge in [-0.1, -0.05) is 26.0 Å². The van der Waals surface area contributed by atoms with Gasteiger partial charge in [-0.2, -0.15) is 4.31 Å². The number of carbonyl (C=O) groups excluding carboxylic acids is 1. The lowest BCUT2D eigenvalue weighted by Crippen LogP contribution is -2.40. The molecule has 180 valence electrons. The number of morpholine rings is 1. The normalized spacial score (nSPS) is 15.8. The predicted molar refractivity (Wildman–Crippen MR) is 125 cm³/mol. The van der Waals surface area contributed by atoms with Gasteiger partial charge in [0.25, 0.3) is 5.91 Å². The van der Waals surface area contributed by atoms with Crippen LogP contribution in [0.15, 0.2) is 47.4 Å². The molecule has 1 heterocycles. The van der Waals surface area contributed by atoms with Gasteiger partial charge >= 0.3 is 0 Å². The summed E-state index contributed by atoms with van der Waals surface area (Å²) in [5, 5.41) is 3.06. The Morgan fingerprint density at radius 3 is 2.30 bits per heavy atom. The lowest BCUT2D eigenvalue weighted by molar-refractivity contribution is 0.0730. The summed E-state index contributed by atoms with van der Waals surface area (Å²) in [5.41, 5.74) is 1.11. The van der Waals surface area contributed by atoms with Crippen LogP contribution in [0, 0.1) is 5.92 Å². The molecule has 0 aliphatic carbocycles. The molecule has 1 amide bonds. The molecule has 33 heavy (non-hydrogen) atoms. The molecule has 3 rings (SSSR count). The average Bonchev–Trinajstić information content (AvgIpc) is 2.83. The number of benzene rings is 2. The van der Waals surface area contributed by atoms with Crippen molar-refractivity contribution in [1.82, 2.24) is 9.62 Å². The van der Waals surface area contributed by atoms with Gasteiger partial charge in [-0.25, -0.2) is 8.42 Å². The molecule has 1 N–H and O–H groups in total. The number of nitrogens with one attached hydrogen (secondary N) is 1. The summed E-state index contributed by atoms with van der Waals surface area (Å²) in [4.78, 5) is 13.4. The molecule has 1 aliphatic rings. The molecular formula is C24H32N2O6S. The molecule has 1 fully saturated rings. The molecule has 0 unspecified atom stereocenters. The maximum atomic E-state index is 13.3. The van der Waals surface area contributed by atoms with E-state index in [1.54, 1.807) is 7.11 Å². The lowest BCUT2D eigenvalue weighted by atomic mass is 9.96. The summed E-state index contributed by atoms with van der Waals surface area (Å²) in [5.74, 6) is 0.974. The van der Waals surface area contributed by atoms with Crippen LogP contribution in [-0.4, -0.2) is 59.2 Å². The van der Waals surface area contributed by atoms with Crippen LogP contribution >= 0.6 is 0 Å². The van der Waals surface area contributed by atoms with Crippen LogP contribution in [-0.2, 0) is 14.8 Å². The molecular weight excluding hydrogens is 444 g/mol. The van der Waals surface area contributed by atoms with E-state index in [-0.39, 0.29) is 29.6 Å². The minimum absolute atomic E-state index is 0.0557. The Morgan fingerprint density at radius 2 is 1.73 bits per heavy atom. The third-order valence-electron chi connectivity index (χ3n) is 5.55. The van der Waals surface area contributed by atoms with E-state index in [2.05, 4.69) is 19.2 Å². The summed E-state index contributed by atoms with van der Waals surface area (Å²) >= 11 is 0. The fourth-order valence-electron chi connectivity index (χ4n) is 3.78. The number of nitrogens with zero attached hydrogens (tertiary/aromatic N) is 1. The van der Waals surface area contributed by atoms with E-state index < -0.39 is 15.9 Å². The Morgan fingerprint density at radius 1 is 1.06 bits per heavy atom. The molecule has 0 saturated carbocycles. The van der Waals surface area contributed by atoms with Crippen molar-refractivity contribution in [2.45, 2.75) is 31.2 Å². The second-order valence-corrected chi connectivity index (χ2v) is 10.2. The highest BCUT2D eigenvalue weighted by atomic mass is 32.2. The SMILES string of the molecule is COc1ccc([C@@H](CC(C)C)NC(=O)c2cc(S(=O)(=O)N3CCOCC3)ccc2OC)cc1. The van der Waals surface area contributed by atoms with E-state index in [0.29, 0.717) is 31.3 Å². The topological polar surface area (TPSA) is 94.2 Å². The van der Waals surface area contributed by atoms with Gasteiger partial charge in [0, 0.05) is 13.1 Å². The second kappa shape index (κ2) is 11.0. The Balaban J connectivity index is 1.90. The molecule has 1 saturated heterocycles. The van der Waals surface area contributed by atoms with Crippen molar-refractivity contribution in [3.63, 3.8) is 0 Å². The van der Waals surface area contributed by atoms with Gasteiger partial charge in [-0.3, -0.25) is 4.79 Å². The zero-order valence-corrected chi connectivity index (χ0v) is 20.4. The Labute approximate surface area is 195 Å². The highest BCUT2D eigenvalue weighted by Gasteiger charge is 2.28. The fourth-order valence-corrected chi connectivity index (χ4v) is 5.22. The average molecular weight is 477 g/mol. The molecule has 0 aromatic heterocycles. The molecule has 1 atom stereocenters. The van der Waals surface area contributed by atoms with Gasteiger partial charge in [-0.15, -0.1) is 0 Å². The zero-order chi connectivity index (χ0) is 24.0. The Hall–Kier alpha value is -2.62. The van der Waals surface area contributed by atoms with Gasteiger partial charge < -0.3 is 19.5 Å². The molecule has 2 aromatic rings. The summed E-state index contributed by atoms with van der Waals surface area (Å²) in [6.45, 7) is 5.42. The van der Waals surface area contributed by atoms with E-state index in [1.807, 2.05) is 24.3 Å². The number of rotatable bonds is 9. The number of hydrogen-bond donors (Lipinski definition) is 1. The zero-order valence-electron chi connectivity index (χ0n) is 19.5. The maximum Gasteiger partial charge on any atom is 0.255 e. The number of amides is 1. The van der Waals surface area contributed by atoms with E-state index in [9.17, 15) is 13.2 Å². The molecule has 2 aromatic carbocycles. The summed E-state index contributed by atoms with van der Waals surface area (Å²) < 4.78 is 43.4. The monoisotopic (exact) mass is 476 g/mol. The number of ether oxygens (including phenoxy) is 3. The first-order chi connectivity index (χ1) is 15.8. The standard InChI is InChI=1S/C24H32N2O6S/c1-17(2)15-22(18-5-7-19(30-3)8-6-18)25-24(27)21-16-20(9-10-23(21)31-4)33(28,29)26-11-13-32-14-12-26/h5-10,16-17,22H,11-15H2,1-4H3,(H,25,27)/t22-/m1/s1. The molecule has 8 nitrogen and oxygen atoms in total. The van der Waals surface area contributed by atoms with Crippen molar-refractivity contribution >= 4 is 15.9 Å². The minimum atomic E-state index is -3.75. The van der Waals surface area contributed by atoms with Gasteiger partial charge in [-0.05, 0) is 48.2 Å². The van der Waals surface area contributed by atoms with Crippen LogP contribution in [0.1, 0.15) is 42.2 Å². The smallest absolute Gasteiger partial charge is 0.255 e. The van der Waals surface area contributed by atoms with Crippen LogP contribution < -0.4 is 14.8 Å². The van der Waals surface area contributed by atoms with E-state index >= 15 is 0 Å². The van der Waals surface area contributed by atoms with Crippen molar-refractivity contribution in [3.05, 3.63) is 53.6 Å². The van der Waals surface area contributed by atoms with Crippen LogP contribution in [0.2, 0.25) is 0 Å². The van der Waals surface area contributed by atoms with Gasteiger partial charge in [0.05, 0.1) is 43.9 Å². The lowest BCUT2D eigenvalue weighted by Gasteiger charge is -2.26. The van der Waals surface area contributed by atoms with Crippen molar-refractivity contribution in [1.29, 1.82) is 0 Å². The highest BCUT2D eigenvalue weighted by molar-refractivity contribution is 7.89. The minimum Gasteiger partial charge on any atom is -0.497 e. The largest absolute Gasteiger partial charge is 0.497 e. The van der Waals surface area contributed by atoms with E-state index in [1.165, 1.54) is 29.6 Å². The maximum absolute atomic E-state index is 13.3. The molecule has 0 spiro atoms. The summed E-state index contributed by atoms with van der Waals surface area (Å²) in [7, 11) is -0.687. The summed E-state index contributed by atoms with van der Waals surface area (Å²) in [6.07, 6.45) is 0.714. The number of carbonyl (C=O) groups is 1. The van der Waals surface area contributed by atoms with Crippen LogP contribution in [0.4, 0.5) is 0 Å². The van der Waals surface area contributed by atoms with Crippen molar-refractivity contribution in [2.75, 3.05) is 40.5 Å². The van der Waals surface area contributed by atoms with E-state index in [4.69, 9.17) is 14.2 Å². The van der Waals surface area contributed by atoms with Crippen molar-refractivity contribution in [3.8, 4) is 11.5 Å². The number of methoxy groups -OCH3 is 2. The quantitative estimate of drug-likeness (QED) is 0.597. The first-order valence-electron chi connectivity index (χ1n) is 11.0. The van der Waals surface area contributed by atoms with Crippen LogP contribution in [0.3, 0.4) is 0 Å². The molecule has 9 heteroatoms. The van der Waals surface area contributed by atoms with Gasteiger partial charge in [0.2, 0.25) is 10.0 Å². The first-order valence-corrected chi connectivity index (χ1v) is 12.4. The Bertz CT molecular complexity index is 1050. The Kier molecular flexibility index (Phi) is 8.34. The molecule has 0 bridgehead atoms. The fraction of sp³-hybridized carbons (Fsp3) is 0.458. The number of hydrogen-bond acceptors (Lipinski definition) is 6. The first kappa shape index (κ1) is 25.0. The highest BCUT2D eigenvalue weighted by Crippen LogP contribution is 2.28. The third-order valence-corrected chi connectivity index (χ3v) is 7.45. The second-order valence-electron chi connectivity index (χ2n) is 8.31. The van der Waals surface area contributed by atoms with Gasteiger partial charge in [0.15, 0.2) is 0 Å². The van der Waals surface area contributed by atoms with Gasteiger partial charge in [0.1, 0.15) is 11.5 Å². The van der Waals surface area contributed by atoms with Crippen LogP contribution in [0.25, 0.3) is 0 Å². The van der Waals surface area contributed by atoms with Crippen molar-refractivity contribution < 1.29 is 27.4 Å². The predicted octanol–water partition coefficient (Wildman–Crippen LogP) is 3.24. The van der Waals surface area contributed by atoms with Crippen molar-refractivity contribution in [2.24, 2.45) is 5.92 Å². The number of sulfonamides is 1. The molecule has 1 aliphatic heterocycles.